The molecule has 15 heavy (non-hydrogen) atoms. The molecule has 1 rings (SSSR count). The SMILES string of the molecule is CC(C)NC(=O)CCNC1CCCC1C. The number of amides is 1. The van der Waals surface area contributed by atoms with Crippen molar-refractivity contribution in [2.45, 2.75) is 58.5 Å². The molecule has 0 radical (unpaired) electrons. The molecule has 2 atom stereocenters. The van der Waals surface area contributed by atoms with E-state index >= 15 is 0 Å². The quantitative estimate of drug-likeness (QED) is 0.728. The average Bonchev–Trinajstić information content (AvgIpc) is 2.50. The van der Waals surface area contributed by atoms with Gasteiger partial charge in [0.15, 0.2) is 0 Å². The summed E-state index contributed by atoms with van der Waals surface area (Å²) in [5.74, 6) is 0.932. The zero-order chi connectivity index (χ0) is 11.3. The highest BCUT2D eigenvalue weighted by Crippen LogP contribution is 2.24. The van der Waals surface area contributed by atoms with Crippen LogP contribution < -0.4 is 10.6 Å². The first-order valence-corrected chi connectivity index (χ1v) is 6.12. The van der Waals surface area contributed by atoms with Crippen LogP contribution in [0, 0.1) is 5.92 Å². The van der Waals surface area contributed by atoms with E-state index in [4.69, 9.17) is 0 Å². The van der Waals surface area contributed by atoms with E-state index < -0.39 is 0 Å². The summed E-state index contributed by atoms with van der Waals surface area (Å²) in [6, 6.07) is 0.889. The number of hydrogen-bond acceptors (Lipinski definition) is 2. The largest absolute Gasteiger partial charge is 0.354 e. The van der Waals surface area contributed by atoms with Gasteiger partial charge >= 0.3 is 0 Å². The summed E-state index contributed by atoms with van der Waals surface area (Å²) in [6.45, 7) is 7.08. The number of carbonyl (C=O) groups excluding carboxylic acids is 1. The molecule has 1 aliphatic carbocycles. The van der Waals surface area contributed by atoms with Crippen LogP contribution in [0.15, 0.2) is 0 Å². The highest BCUT2D eigenvalue weighted by atomic mass is 16.1. The Balaban J connectivity index is 2.08. The summed E-state index contributed by atoms with van der Waals surface area (Å²) in [5, 5.41) is 6.38. The zero-order valence-electron chi connectivity index (χ0n) is 10.2. The number of nitrogens with one attached hydrogen (secondary N) is 2. The van der Waals surface area contributed by atoms with Gasteiger partial charge in [0, 0.05) is 25.0 Å². The minimum absolute atomic E-state index is 0.156. The Morgan fingerprint density at radius 2 is 2.13 bits per heavy atom. The van der Waals surface area contributed by atoms with Crippen molar-refractivity contribution in [1.29, 1.82) is 0 Å². The zero-order valence-corrected chi connectivity index (χ0v) is 10.2. The number of carbonyl (C=O) groups is 1. The second-order valence-corrected chi connectivity index (χ2v) is 4.94. The molecule has 0 heterocycles. The number of hydrogen-bond donors (Lipinski definition) is 2. The molecule has 3 nitrogen and oxygen atoms in total. The normalized spacial score (nSPS) is 25.9. The van der Waals surface area contributed by atoms with Crippen molar-refractivity contribution in [2.24, 2.45) is 5.92 Å². The molecular weight excluding hydrogens is 188 g/mol. The van der Waals surface area contributed by atoms with Gasteiger partial charge in [-0.05, 0) is 32.6 Å². The molecular formula is C12H24N2O. The van der Waals surface area contributed by atoms with E-state index in [0.717, 1.165) is 12.5 Å². The van der Waals surface area contributed by atoms with Crippen LogP contribution in [0.3, 0.4) is 0 Å². The molecule has 3 heteroatoms. The van der Waals surface area contributed by atoms with E-state index in [9.17, 15) is 4.79 Å². The van der Waals surface area contributed by atoms with Crippen LogP contribution in [0.2, 0.25) is 0 Å². The minimum atomic E-state index is 0.156. The third-order valence-corrected chi connectivity index (χ3v) is 3.07. The molecule has 1 aliphatic rings. The Hall–Kier alpha value is -0.570. The van der Waals surface area contributed by atoms with Gasteiger partial charge in [-0.3, -0.25) is 4.79 Å². The molecule has 0 spiro atoms. The van der Waals surface area contributed by atoms with Crippen molar-refractivity contribution in [3.8, 4) is 0 Å². The Morgan fingerprint density at radius 1 is 1.40 bits per heavy atom. The summed E-state index contributed by atoms with van der Waals surface area (Å²) in [6.07, 6.45) is 4.53. The van der Waals surface area contributed by atoms with Crippen molar-refractivity contribution in [1.82, 2.24) is 10.6 Å². The fourth-order valence-electron chi connectivity index (χ4n) is 2.21. The van der Waals surface area contributed by atoms with Gasteiger partial charge in [0.2, 0.25) is 5.91 Å². The topological polar surface area (TPSA) is 41.1 Å². The van der Waals surface area contributed by atoms with Crippen LogP contribution in [0.25, 0.3) is 0 Å². The van der Waals surface area contributed by atoms with E-state index in [1.165, 1.54) is 19.3 Å². The molecule has 2 unspecified atom stereocenters. The molecule has 0 aromatic rings. The van der Waals surface area contributed by atoms with Crippen molar-refractivity contribution in [2.75, 3.05) is 6.54 Å². The van der Waals surface area contributed by atoms with E-state index in [1.54, 1.807) is 0 Å². The second-order valence-electron chi connectivity index (χ2n) is 4.94. The van der Waals surface area contributed by atoms with Gasteiger partial charge in [-0.1, -0.05) is 13.3 Å². The van der Waals surface area contributed by atoms with Crippen molar-refractivity contribution >= 4 is 5.91 Å². The molecule has 0 aromatic heterocycles. The van der Waals surface area contributed by atoms with E-state index in [0.29, 0.717) is 12.5 Å². The lowest BCUT2D eigenvalue weighted by Gasteiger charge is -2.17. The van der Waals surface area contributed by atoms with Crippen LogP contribution in [0.4, 0.5) is 0 Å². The Morgan fingerprint density at radius 3 is 2.67 bits per heavy atom. The lowest BCUT2D eigenvalue weighted by atomic mass is 10.1. The fourth-order valence-corrected chi connectivity index (χ4v) is 2.21. The third kappa shape index (κ3) is 4.65. The van der Waals surface area contributed by atoms with Crippen LogP contribution in [-0.4, -0.2) is 24.5 Å². The van der Waals surface area contributed by atoms with Crippen LogP contribution >= 0.6 is 0 Å². The van der Waals surface area contributed by atoms with E-state index in [1.807, 2.05) is 13.8 Å². The Kier molecular flexibility index (Phi) is 5.09. The Bertz CT molecular complexity index is 204. The maximum absolute atomic E-state index is 11.4. The van der Waals surface area contributed by atoms with E-state index in [2.05, 4.69) is 17.6 Å². The summed E-state index contributed by atoms with van der Waals surface area (Å²) >= 11 is 0. The van der Waals surface area contributed by atoms with Gasteiger partial charge in [0.05, 0.1) is 0 Å². The van der Waals surface area contributed by atoms with Crippen molar-refractivity contribution in [3.05, 3.63) is 0 Å². The van der Waals surface area contributed by atoms with Gasteiger partial charge in [0.1, 0.15) is 0 Å². The van der Waals surface area contributed by atoms with Gasteiger partial charge in [-0.2, -0.15) is 0 Å². The molecule has 1 amide bonds. The van der Waals surface area contributed by atoms with Gasteiger partial charge in [0.25, 0.3) is 0 Å². The molecule has 0 aromatic carbocycles. The van der Waals surface area contributed by atoms with Gasteiger partial charge in [-0.25, -0.2) is 0 Å². The second kappa shape index (κ2) is 6.11. The van der Waals surface area contributed by atoms with Crippen molar-refractivity contribution in [3.63, 3.8) is 0 Å². The summed E-state index contributed by atoms with van der Waals surface area (Å²) in [5.41, 5.74) is 0. The van der Waals surface area contributed by atoms with Crippen LogP contribution in [0.1, 0.15) is 46.5 Å². The standard InChI is InChI=1S/C12H24N2O/c1-9(2)14-12(15)7-8-13-11-6-4-5-10(11)3/h9-11,13H,4-8H2,1-3H3,(H,14,15). The maximum atomic E-state index is 11.4. The molecule has 88 valence electrons. The van der Waals surface area contributed by atoms with Crippen LogP contribution in [0.5, 0.6) is 0 Å². The molecule has 0 bridgehead atoms. The highest BCUT2D eigenvalue weighted by molar-refractivity contribution is 5.76. The van der Waals surface area contributed by atoms with Gasteiger partial charge in [-0.15, -0.1) is 0 Å². The minimum Gasteiger partial charge on any atom is -0.354 e. The lowest BCUT2D eigenvalue weighted by Crippen LogP contribution is -2.36. The summed E-state index contributed by atoms with van der Waals surface area (Å²) in [7, 11) is 0. The average molecular weight is 212 g/mol. The molecule has 0 saturated heterocycles. The highest BCUT2D eigenvalue weighted by Gasteiger charge is 2.22. The molecule has 1 fully saturated rings. The summed E-state index contributed by atoms with van der Waals surface area (Å²) < 4.78 is 0. The fraction of sp³-hybridized carbons (Fsp3) is 0.917. The predicted molar refractivity (Wildman–Crippen MR) is 62.7 cm³/mol. The third-order valence-electron chi connectivity index (χ3n) is 3.07. The van der Waals surface area contributed by atoms with Crippen molar-refractivity contribution < 1.29 is 4.79 Å². The summed E-state index contributed by atoms with van der Waals surface area (Å²) in [4.78, 5) is 11.4. The monoisotopic (exact) mass is 212 g/mol. The Labute approximate surface area is 93.0 Å². The maximum Gasteiger partial charge on any atom is 0.221 e. The van der Waals surface area contributed by atoms with Gasteiger partial charge < -0.3 is 10.6 Å². The lowest BCUT2D eigenvalue weighted by molar-refractivity contribution is -0.121. The number of rotatable bonds is 5. The predicted octanol–water partition coefficient (Wildman–Crippen LogP) is 1.68. The molecule has 2 N–H and O–H groups in total. The first-order chi connectivity index (χ1) is 7.09. The molecule has 1 saturated carbocycles. The smallest absolute Gasteiger partial charge is 0.221 e. The van der Waals surface area contributed by atoms with E-state index in [-0.39, 0.29) is 11.9 Å². The first-order valence-electron chi connectivity index (χ1n) is 6.12. The first kappa shape index (κ1) is 12.5. The molecule has 0 aliphatic heterocycles. The van der Waals surface area contributed by atoms with Crippen LogP contribution in [-0.2, 0) is 4.79 Å².